The highest BCUT2D eigenvalue weighted by Gasteiger charge is 2.50. The lowest BCUT2D eigenvalue weighted by molar-refractivity contribution is -0.174. The third-order valence-electron chi connectivity index (χ3n) is 5.19. The standard InChI is InChI=1S/C21H22BrN3O3/c1-2-28-21(27)18-19(15-10-6-7-11-16(15)22)24-13-12-17(26)25(24)20(23-18)14-8-4-3-5-9-14/h3-11,18-20,23H,2,12-13H2,1H3/t18-,19+,20+/m1/s1. The number of esters is 1. The molecule has 2 aliphatic rings. The number of ether oxygens (including phenoxy) is 1. The van der Waals surface area contributed by atoms with E-state index in [1.165, 1.54) is 0 Å². The highest BCUT2D eigenvalue weighted by molar-refractivity contribution is 9.10. The molecule has 1 N–H and O–H groups in total. The van der Waals surface area contributed by atoms with Crippen LogP contribution < -0.4 is 5.32 Å². The molecule has 28 heavy (non-hydrogen) atoms. The highest BCUT2D eigenvalue weighted by Crippen LogP contribution is 2.41. The van der Waals surface area contributed by atoms with Crippen LogP contribution in [0.25, 0.3) is 0 Å². The number of benzene rings is 2. The first kappa shape index (κ1) is 19.1. The second-order valence-electron chi connectivity index (χ2n) is 6.83. The number of hydrogen-bond donors (Lipinski definition) is 1. The van der Waals surface area contributed by atoms with E-state index in [1.54, 1.807) is 11.9 Å². The van der Waals surface area contributed by atoms with Gasteiger partial charge in [-0.15, -0.1) is 0 Å². The van der Waals surface area contributed by atoms with Crippen molar-refractivity contribution in [1.82, 2.24) is 15.3 Å². The van der Waals surface area contributed by atoms with Crippen molar-refractivity contribution in [2.75, 3.05) is 13.2 Å². The molecule has 2 heterocycles. The second-order valence-corrected chi connectivity index (χ2v) is 7.68. The van der Waals surface area contributed by atoms with E-state index in [-0.39, 0.29) is 17.9 Å². The number of amides is 1. The summed E-state index contributed by atoms with van der Waals surface area (Å²) in [6.07, 6.45) is 0.00552. The first-order chi connectivity index (χ1) is 13.6. The zero-order chi connectivity index (χ0) is 19.7. The number of hydrazine groups is 1. The van der Waals surface area contributed by atoms with Crippen molar-refractivity contribution >= 4 is 27.8 Å². The van der Waals surface area contributed by atoms with Crippen LogP contribution >= 0.6 is 15.9 Å². The smallest absolute Gasteiger partial charge is 0.325 e. The molecule has 0 aromatic heterocycles. The first-order valence-electron chi connectivity index (χ1n) is 9.42. The second kappa shape index (κ2) is 8.03. The van der Waals surface area contributed by atoms with Crippen LogP contribution in [0.5, 0.6) is 0 Å². The van der Waals surface area contributed by atoms with Gasteiger partial charge in [0.15, 0.2) is 0 Å². The van der Waals surface area contributed by atoms with E-state index in [9.17, 15) is 9.59 Å². The fourth-order valence-corrected chi connectivity index (χ4v) is 4.52. The van der Waals surface area contributed by atoms with Crippen molar-refractivity contribution in [1.29, 1.82) is 0 Å². The van der Waals surface area contributed by atoms with Gasteiger partial charge in [-0.3, -0.25) is 19.9 Å². The molecule has 2 aromatic carbocycles. The fourth-order valence-electron chi connectivity index (χ4n) is 4.00. The minimum atomic E-state index is -0.606. The van der Waals surface area contributed by atoms with Gasteiger partial charge in [-0.25, -0.2) is 5.01 Å². The zero-order valence-electron chi connectivity index (χ0n) is 15.5. The Bertz CT molecular complexity index is 876. The minimum absolute atomic E-state index is 0.0423. The summed E-state index contributed by atoms with van der Waals surface area (Å²) in [5.41, 5.74) is 1.88. The van der Waals surface area contributed by atoms with Crippen molar-refractivity contribution in [3.8, 4) is 0 Å². The summed E-state index contributed by atoms with van der Waals surface area (Å²) in [5.74, 6) is -0.274. The lowest BCUT2D eigenvalue weighted by atomic mass is 9.95. The van der Waals surface area contributed by atoms with Gasteiger partial charge >= 0.3 is 5.97 Å². The molecule has 2 aromatic rings. The van der Waals surface area contributed by atoms with E-state index in [0.29, 0.717) is 19.6 Å². The van der Waals surface area contributed by atoms with Crippen molar-refractivity contribution in [2.45, 2.75) is 31.6 Å². The van der Waals surface area contributed by atoms with Gasteiger partial charge in [0.2, 0.25) is 5.91 Å². The van der Waals surface area contributed by atoms with E-state index in [4.69, 9.17) is 4.74 Å². The fraction of sp³-hybridized carbons (Fsp3) is 0.333. The van der Waals surface area contributed by atoms with Gasteiger partial charge in [-0.05, 0) is 24.1 Å². The van der Waals surface area contributed by atoms with Crippen molar-refractivity contribution < 1.29 is 14.3 Å². The Morgan fingerprint density at radius 3 is 2.61 bits per heavy atom. The molecule has 146 valence electrons. The Balaban J connectivity index is 1.80. The molecular weight excluding hydrogens is 422 g/mol. The van der Waals surface area contributed by atoms with Gasteiger partial charge in [0, 0.05) is 17.4 Å². The molecule has 0 radical (unpaired) electrons. The molecule has 3 atom stereocenters. The number of nitrogens with zero attached hydrogens (tertiary/aromatic N) is 2. The van der Waals surface area contributed by atoms with Gasteiger partial charge in [-0.2, -0.15) is 0 Å². The van der Waals surface area contributed by atoms with Gasteiger partial charge in [-0.1, -0.05) is 64.5 Å². The summed E-state index contributed by atoms with van der Waals surface area (Å²) >= 11 is 3.61. The van der Waals surface area contributed by atoms with Crippen LogP contribution in [0.15, 0.2) is 59.1 Å². The molecule has 2 fully saturated rings. The Morgan fingerprint density at radius 1 is 1.18 bits per heavy atom. The molecule has 1 amide bonds. The molecule has 2 saturated heterocycles. The number of nitrogens with one attached hydrogen (secondary N) is 1. The largest absolute Gasteiger partial charge is 0.465 e. The van der Waals surface area contributed by atoms with Gasteiger partial charge in [0.1, 0.15) is 12.2 Å². The number of rotatable bonds is 4. The Hall–Kier alpha value is -2.22. The van der Waals surface area contributed by atoms with Crippen LogP contribution in [-0.2, 0) is 14.3 Å². The number of carbonyl (C=O) groups excluding carboxylic acids is 2. The number of fused-ring (bicyclic) bond motifs is 1. The van der Waals surface area contributed by atoms with Gasteiger partial charge < -0.3 is 4.74 Å². The zero-order valence-corrected chi connectivity index (χ0v) is 17.1. The first-order valence-corrected chi connectivity index (χ1v) is 10.2. The maximum absolute atomic E-state index is 12.9. The van der Waals surface area contributed by atoms with E-state index in [2.05, 4.69) is 21.2 Å². The molecule has 0 aliphatic carbocycles. The SMILES string of the molecule is CCOC(=O)[C@@H]1N[C@H](c2ccccc2)N2C(=O)CCN2[C@H]1c1ccccc1Br. The topological polar surface area (TPSA) is 61.9 Å². The van der Waals surface area contributed by atoms with Crippen LogP contribution in [0.1, 0.15) is 36.7 Å². The average molecular weight is 444 g/mol. The average Bonchev–Trinajstić information content (AvgIpc) is 3.10. The van der Waals surface area contributed by atoms with Crippen LogP contribution in [0.2, 0.25) is 0 Å². The maximum atomic E-state index is 12.9. The lowest BCUT2D eigenvalue weighted by Crippen LogP contribution is -2.63. The van der Waals surface area contributed by atoms with Crippen LogP contribution in [-0.4, -0.2) is 41.1 Å². The molecule has 7 heteroatoms. The number of carbonyl (C=O) groups is 2. The summed E-state index contributed by atoms with van der Waals surface area (Å²) in [6.45, 7) is 2.67. The minimum Gasteiger partial charge on any atom is -0.465 e. The van der Waals surface area contributed by atoms with E-state index in [1.807, 2.05) is 59.6 Å². The third kappa shape index (κ3) is 3.34. The quantitative estimate of drug-likeness (QED) is 0.735. The molecule has 0 spiro atoms. The molecule has 0 saturated carbocycles. The maximum Gasteiger partial charge on any atom is 0.325 e. The predicted molar refractivity (Wildman–Crippen MR) is 108 cm³/mol. The van der Waals surface area contributed by atoms with Crippen molar-refractivity contribution in [2.24, 2.45) is 0 Å². The summed E-state index contributed by atoms with van der Waals surface area (Å²) < 4.78 is 6.28. The normalized spacial score (nSPS) is 24.9. The Morgan fingerprint density at radius 2 is 1.89 bits per heavy atom. The van der Waals surface area contributed by atoms with Crippen molar-refractivity contribution in [3.63, 3.8) is 0 Å². The predicted octanol–water partition coefficient (Wildman–Crippen LogP) is 3.17. The summed E-state index contributed by atoms with van der Waals surface area (Å²) in [5, 5.41) is 7.17. The van der Waals surface area contributed by atoms with Crippen LogP contribution in [0.3, 0.4) is 0 Å². The van der Waals surface area contributed by atoms with Gasteiger partial charge in [0.25, 0.3) is 0 Å². The summed E-state index contributed by atoms with van der Waals surface area (Å²) in [6, 6.07) is 16.6. The summed E-state index contributed by atoms with van der Waals surface area (Å²) in [4.78, 5) is 25.7. The lowest BCUT2D eigenvalue weighted by Gasteiger charge is -2.48. The molecule has 6 nitrogen and oxygen atoms in total. The third-order valence-corrected chi connectivity index (χ3v) is 5.91. The number of hydrogen-bond acceptors (Lipinski definition) is 5. The van der Waals surface area contributed by atoms with E-state index >= 15 is 0 Å². The molecule has 0 unspecified atom stereocenters. The highest BCUT2D eigenvalue weighted by atomic mass is 79.9. The number of halogens is 1. The molecular formula is C21H22BrN3O3. The molecule has 0 bridgehead atoms. The van der Waals surface area contributed by atoms with Crippen molar-refractivity contribution in [3.05, 3.63) is 70.2 Å². The molecule has 2 aliphatic heterocycles. The monoisotopic (exact) mass is 443 g/mol. The molecule has 4 rings (SSSR count). The Labute approximate surface area is 172 Å². The van der Waals surface area contributed by atoms with Crippen LogP contribution in [0.4, 0.5) is 0 Å². The van der Waals surface area contributed by atoms with Gasteiger partial charge in [0.05, 0.1) is 12.6 Å². The van der Waals surface area contributed by atoms with E-state index in [0.717, 1.165) is 15.6 Å². The van der Waals surface area contributed by atoms with E-state index < -0.39 is 12.2 Å². The Kier molecular flexibility index (Phi) is 5.48. The van der Waals surface area contributed by atoms with Crippen LogP contribution in [0, 0.1) is 0 Å². The summed E-state index contributed by atoms with van der Waals surface area (Å²) in [7, 11) is 0.